The van der Waals surface area contributed by atoms with Crippen LogP contribution < -0.4 is 10.6 Å². The van der Waals surface area contributed by atoms with Gasteiger partial charge in [0.25, 0.3) is 0 Å². The van der Waals surface area contributed by atoms with Gasteiger partial charge in [-0.3, -0.25) is 0 Å². The lowest BCUT2D eigenvalue weighted by atomic mass is 10.1. The predicted octanol–water partition coefficient (Wildman–Crippen LogP) is 3.44. The molecule has 0 radical (unpaired) electrons. The largest absolute Gasteiger partial charge is 0.398 e. The number of halogens is 1. The molecule has 0 amide bonds. The minimum Gasteiger partial charge on any atom is -0.398 e. The summed E-state index contributed by atoms with van der Waals surface area (Å²) in [6.07, 6.45) is 0. The Balaban J connectivity index is 2.46. The van der Waals surface area contributed by atoms with Gasteiger partial charge in [0.05, 0.1) is 16.9 Å². The number of nitriles is 1. The Morgan fingerprint density at radius 3 is 2.58 bits per heavy atom. The molecule has 96 valence electrons. The molecule has 4 heteroatoms. The van der Waals surface area contributed by atoms with Crippen LogP contribution in [0.15, 0.2) is 42.5 Å². The van der Waals surface area contributed by atoms with Crippen LogP contribution in [0.2, 0.25) is 0 Å². The topological polar surface area (TPSA) is 53.0 Å². The van der Waals surface area contributed by atoms with Crippen molar-refractivity contribution in [2.24, 2.45) is 0 Å². The maximum absolute atomic E-state index is 13.8. The van der Waals surface area contributed by atoms with Crippen molar-refractivity contribution >= 4 is 17.1 Å². The Kier molecular flexibility index (Phi) is 3.67. The van der Waals surface area contributed by atoms with Crippen LogP contribution in [-0.4, -0.2) is 6.54 Å². The fourth-order valence-corrected chi connectivity index (χ4v) is 1.98. The zero-order chi connectivity index (χ0) is 13.8. The fraction of sp³-hybridized carbons (Fsp3) is 0.133. The third-order valence-corrected chi connectivity index (χ3v) is 2.93. The van der Waals surface area contributed by atoms with Crippen LogP contribution in [0.25, 0.3) is 0 Å². The van der Waals surface area contributed by atoms with E-state index in [1.807, 2.05) is 17.9 Å². The first kappa shape index (κ1) is 12.9. The molecule has 0 bridgehead atoms. The van der Waals surface area contributed by atoms with E-state index in [4.69, 9.17) is 11.0 Å². The van der Waals surface area contributed by atoms with Gasteiger partial charge in [-0.25, -0.2) is 4.39 Å². The van der Waals surface area contributed by atoms with Crippen LogP contribution in [0.5, 0.6) is 0 Å². The van der Waals surface area contributed by atoms with E-state index in [1.54, 1.807) is 36.4 Å². The number of nitrogens with zero attached hydrogens (tertiary/aromatic N) is 2. The summed E-state index contributed by atoms with van der Waals surface area (Å²) in [6.45, 7) is 2.53. The number of hydrogen-bond donors (Lipinski definition) is 1. The van der Waals surface area contributed by atoms with E-state index in [-0.39, 0.29) is 5.82 Å². The maximum atomic E-state index is 13.8. The molecule has 2 aromatic rings. The third kappa shape index (κ3) is 2.50. The molecule has 0 aromatic heterocycles. The second kappa shape index (κ2) is 5.40. The standard InChI is InChI=1S/C15H14FN3/c1-2-19(15-6-4-3-5-13(15)16)12-8-7-11(10-17)14(18)9-12/h3-9H,2,18H2,1H3. The minimum atomic E-state index is -0.285. The molecule has 0 heterocycles. The molecule has 2 N–H and O–H groups in total. The van der Waals surface area contributed by atoms with Crippen LogP contribution in [0.3, 0.4) is 0 Å². The van der Waals surface area contributed by atoms with Crippen molar-refractivity contribution in [1.82, 2.24) is 0 Å². The summed E-state index contributed by atoms with van der Waals surface area (Å²) in [5.41, 5.74) is 7.88. The highest BCUT2D eigenvalue weighted by atomic mass is 19.1. The van der Waals surface area contributed by atoms with Gasteiger partial charge in [-0.05, 0) is 37.3 Å². The summed E-state index contributed by atoms with van der Waals surface area (Å²) in [5.74, 6) is -0.285. The second-order valence-electron chi connectivity index (χ2n) is 4.08. The van der Waals surface area contributed by atoms with Crippen molar-refractivity contribution in [3.8, 4) is 6.07 Å². The molecule has 0 aliphatic carbocycles. The summed E-state index contributed by atoms with van der Waals surface area (Å²) in [4.78, 5) is 1.81. The molecule has 3 nitrogen and oxygen atoms in total. The lowest BCUT2D eigenvalue weighted by molar-refractivity contribution is 0.625. The Morgan fingerprint density at radius 2 is 2.00 bits per heavy atom. The van der Waals surface area contributed by atoms with Gasteiger partial charge >= 0.3 is 0 Å². The van der Waals surface area contributed by atoms with Crippen molar-refractivity contribution < 1.29 is 4.39 Å². The summed E-state index contributed by atoms with van der Waals surface area (Å²) in [5, 5.41) is 8.86. The molecular weight excluding hydrogens is 241 g/mol. The Morgan fingerprint density at radius 1 is 1.26 bits per heavy atom. The van der Waals surface area contributed by atoms with E-state index >= 15 is 0 Å². The van der Waals surface area contributed by atoms with E-state index < -0.39 is 0 Å². The van der Waals surface area contributed by atoms with Crippen molar-refractivity contribution in [2.75, 3.05) is 17.2 Å². The summed E-state index contributed by atoms with van der Waals surface area (Å²) >= 11 is 0. The number of para-hydroxylation sites is 1. The third-order valence-electron chi connectivity index (χ3n) is 2.93. The van der Waals surface area contributed by atoms with E-state index in [0.29, 0.717) is 23.5 Å². The Labute approximate surface area is 111 Å². The van der Waals surface area contributed by atoms with Crippen LogP contribution in [0.1, 0.15) is 12.5 Å². The zero-order valence-corrected chi connectivity index (χ0v) is 10.6. The first-order chi connectivity index (χ1) is 9.17. The molecule has 0 aliphatic heterocycles. The van der Waals surface area contributed by atoms with Crippen molar-refractivity contribution in [3.63, 3.8) is 0 Å². The predicted molar refractivity (Wildman–Crippen MR) is 74.6 cm³/mol. The Hall–Kier alpha value is -2.54. The number of hydrogen-bond acceptors (Lipinski definition) is 3. The summed E-state index contributed by atoms with van der Waals surface area (Å²) in [7, 11) is 0. The van der Waals surface area contributed by atoms with Crippen molar-refractivity contribution in [3.05, 3.63) is 53.8 Å². The van der Waals surface area contributed by atoms with Gasteiger partial charge in [0.1, 0.15) is 11.9 Å². The van der Waals surface area contributed by atoms with Crippen molar-refractivity contribution in [2.45, 2.75) is 6.92 Å². The highest BCUT2D eigenvalue weighted by Crippen LogP contribution is 2.29. The van der Waals surface area contributed by atoms with Crippen LogP contribution in [0, 0.1) is 17.1 Å². The molecular formula is C15H14FN3. The molecule has 19 heavy (non-hydrogen) atoms. The number of anilines is 3. The highest BCUT2D eigenvalue weighted by Gasteiger charge is 2.12. The Bertz CT molecular complexity index is 632. The van der Waals surface area contributed by atoms with E-state index in [2.05, 4.69) is 0 Å². The lowest BCUT2D eigenvalue weighted by Gasteiger charge is -2.24. The molecule has 2 aromatic carbocycles. The van der Waals surface area contributed by atoms with Gasteiger partial charge in [-0.1, -0.05) is 12.1 Å². The monoisotopic (exact) mass is 255 g/mol. The average Bonchev–Trinajstić information content (AvgIpc) is 2.42. The van der Waals surface area contributed by atoms with E-state index in [9.17, 15) is 4.39 Å². The average molecular weight is 255 g/mol. The molecule has 0 atom stereocenters. The molecule has 0 saturated carbocycles. The van der Waals surface area contributed by atoms with Crippen LogP contribution in [-0.2, 0) is 0 Å². The number of nitrogen functional groups attached to an aromatic ring is 1. The minimum absolute atomic E-state index is 0.285. The van der Waals surface area contributed by atoms with E-state index in [0.717, 1.165) is 5.69 Å². The SMILES string of the molecule is CCN(c1ccc(C#N)c(N)c1)c1ccccc1F. The molecule has 0 saturated heterocycles. The molecule has 0 aliphatic rings. The van der Waals surface area contributed by atoms with Crippen LogP contribution >= 0.6 is 0 Å². The number of rotatable bonds is 3. The fourth-order valence-electron chi connectivity index (χ4n) is 1.98. The van der Waals surface area contributed by atoms with Gasteiger partial charge in [0.15, 0.2) is 0 Å². The quantitative estimate of drug-likeness (QED) is 0.855. The summed E-state index contributed by atoms with van der Waals surface area (Å²) < 4.78 is 13.8. The molecule has 0 unspecified atom stereocenters. The molecule has 0 spiro atoms. The van der Waals surface area contributed by atoms with E-state index in [1.165, 1.54) is 6.07 Å². The first-order valence-corrected chi connectivity index (χ1v) is 5.99. The highest BCUT2D eigenvalue weighted by molar-refractivity contribution is 5.70. The smallest absolute Gasteiger partial charge is 0.146 e. The lowest BCUT2D eigenvalue weighted by Crippen LogP contribution is -2.17. The molecule has 2 rings (SSSR count). The maximum Gasteiger partial charge on any atom is 0.146 e. The van der Waals surface area contributed by atoms with Crippen molar-refractivity contribution in [1.29, 1.82) is 5.26 Å². The van der Waals surface area contributed by atoms with Gasteiger partial charge in [-0.15, -0.1) is 0 Å². The number of benzene rings is 2. The zero-order valence-electron chi connectivity index (χ0n) is 10.6. The second-order valence-corrected chi connectivity index (χ2v) is 4.08. The van der Waals surface area contributed by atoms with Gasteiger partial charge in [-0.2, -0.15) is 5.26 Å². The summed E-state index contributed by atoms with van der Waals surface area (Å²) in [6, 6.07) is 13.7. The van der Waals surface area contributed by atoms with Gasteiger partial charge in [0, 0.05) is 12.2 Å². The normalized spacial score (nSPS) is 9.95. The van der Waals surface area contributed by atoms with Crippen LogP contribution in [0.4, 0.5) is 21.5 Å². The van der Waals surface area contributed by atoms with Gasteiger partial charge in [0.2, 0.25) is 0 Å². The van der Waals surface area contributed by atoms with Gasteiger partial charge < -0.3 is 10.6 Å². The number of nitrogens with two attached hydrogens (primary N) is 1. The first-order valence-electron chi connectivity index (χ1n) is 5.99. The molecule has 0 fully saturated rings.